The van der Waals surface area contributed by atoms with Crippen molar-refractivity contribution in [2.75, 3.05) is 6.54 Å². The van der Waals surface area contributed by atoms with E-state index in [1.165, 1.54) is 11.1 Å². The van der Waals surface area contributed by atoms with Crippen LogP contribution in [0.3, 0.4) is 0 Å². The second-order valence-corrected chi connectivity index (χ2v) is 5.97. The van der Waals surface area contributed by atoms with Crippen molar-refractivity contribution >= 4 is 12.0 Å². The second kappa shape index (κ2) is 6.61. The van der Waals surface area contributed by atoms with Gasteiger partial charge in [0.2, 0.25) is 0 Å². The summed E-state index contributed by atoms with van der Waals surface area (Å²) in [6.07, 6.45) is 1.39. The van der Waals surface area contributed by atoms with E-state index in [1.807, 2.05) is 26.0 Å². The third kappa shape index (κ3) is 3.97. The molecule has 3 N–H and O–H groups in total. The Morgan fingerprint density at radius 2 is 2.05 bits per heavy atom. The highest BCUT2D eigenvalue weighted by atomic mass is 16.4. The van der Waals surface area contributed by atoms with Crippen LogP contribution in [-0.4, -0.2) is 29.7 Å². The summed E-state index contributed by atoms with van der Waals surface area (Å²) in [5.41, 5.74) is 2.60. The summed E-state index contributed by atoms with van der Waals surface area (Å²) >= 11 is 0. The lowest BCUT2D eigenvalue weighted by molar-refractivity contribution is -0.139. The molecule has 1 aromatic rings. The number of hydrogen-bond donors (Lipinski definition) is 3. The van der Waals surface area contributed by atoms with Crippen LogP contribution >= 0.6 is 0 Å². The van der Waals surface area contributed by atoms with Gasteiger partial charge in [-0.3, -0.25) is 0 Å². The number of rotatable bonds is 6. The number of fused-ring (bicyclic) bond motifs is 1. The fourth-order valence-corrected chi connectivity index (χ4v) is 2.66. The lowest BCUT2D eigenvalue weighted by atomic mass is 9.78. The fourth-order valence-electron chi connectivity index (χ4n) is 2.66. The van der Waals surface area contributed by atoms with Gasteiger partial charge in [0.25, 0.3) is 0 Å². The van der Waals surface area contributed by atoms with Gasteiger partial charge in [-0.25, -0.2) is 9.59 Å². The largest absolute Gasteiger partial charge is 0.480 e. The Morgan fingerprint density at radius 1 is 1.33 bits per heavy atom. The standard InChI is InChI=1S/C16H22N2O3/c1-10(2)7-14(15(19)20)18-16(21)17-9-12-8-11-5-3-4-6-13(11)12/h3-6,10,12,14H,7-9H2,1-2H3,(H,19,20)(H2,17,18,21)/t12?,14-/m0/s1. The quantitative estimate of drug-likeness (QED) is 0.751. The van der Waals surface area contributed by atoms with Crippen molar-refractivity contribution in [2.24, 2.45) is 5.92 Å². The number of carboxylic acid groups (broad SMARTS) is 1. The highest BCUT2D eigenvalue weighted by molar-refractivity contribution is 5.82. The summed E-state index contributed by atoms with van der Waals surface area (Å²) in [4.78, 5) is 22.9. The minimum Gasteiger partial charge on any atom is -0.480 e. The summed E-state index contributed by atoms with van der Waals surface area (Å²) in [5, 5.41) is 14.4. The zero-order chi connectivity index (χ0) is 15.4. The smallest absolute Gasteiger partial charge is 0.326 e. The highest BCUT2D eigenvalue weighted by Crippen LogP contribution is 2.33. The fraction of sp³-hybridized carbons (Fsp3) is 0.500. The van der Waals surface area contributed by atoms with Gasteiger partial charge in [0.05, 0.1) is 0 Å². The molecular weight excluding hydrogens is 268 g/mol. The van der Waals surface area contributed by atoms with Gasteiger partial charge in [0.1, 0.15) is 6.04 Å². The molecule has 2 atom stereocenters. The summed E-state index contributed by atoms with van der Waals surface area (Å²) in [5.74, 6) is -0.446. The van der Waals surface area contributed by atoms with E-state index in [0.29, 0.717) is 18.9 Å². The molecular formula is C16H22N2O3. The molecule has 114 valence electrons. The second-order valence-electron chi connectivity index (χ2n) is 5.97. The van der Waals surface area contributed by atoms with Gasteiger partial charge >= 0.3 is 12.0 Å². The molecule has 1 aliphatic rings. The monoisotopic (exact) mass is 290 g/mol. The van der Waals surface area contributed by atoms with Crippen LogP contribution in [0.4, 0.5) is 4.79 Å². The van der Waals surface area contributed by atoms with Crippen molar-refractivity contribution in [3.05, 3.63) is 35.4 Å². The number of benzene rings is 1. The number of urea groups is 1. The molecule has 1 unspecified atom stereocenters. The molecule has 2 amide bonds. The molecule has 0 saturated carbocycles. The number of carbonyl (C=O) groups excluding carboxylic acids is 1. The van der Waals surface area contributed by atoms with E-state index < -0.39 is 18.0 Å². The van der Waals surface area contributed by atoms with Crippen LogP contribution in [0.2, 0.25) is 0 Å². The third-order valence-corrected chi connectivity index (χ3v) is 3.78. The van der Waals surface area contributed by atoms with E-state index in [0.717, 1.165) is 6.42 Å². The molecule has 0 aliphatic heterocycles. The van der Waals surface area contributed by atoms with Crippen molar-refractivity contribution in [3.63, 3.8) is 0 Å². The Balaban J connectivity index is 1.79. The first-order valence-electron chi connectivity index (χ1n) is 7.32. The number of nitrogens with one attached hydrogen (secondary N) is 2. The molecule has 0 radical (unpaired) electrons. The minimum atomic E-state index is -0.993. The van der Waals surface area contributed by atoms with Crippen molar-refractivity contribution in [2.45, 2.75) is 38.6 Å². The highest BCUT2D eigenvalue weighted by Gasteiger charge is 2.26. The molecule has 0 aromatic heterocycles. The van der Waals surface area contributed by atoms with Crippen LogP contribution in [0.15, 0.2) is 24.3 Å². The normalized spacial score (nSPS) is 17.6. The van der Waals surface area contributed by atoms with Crippen LogP contribution in [0, 0.1) is 5.92 Å². The van der Waals surface area contributed by atoms with Crippen molar-refractivity contribution < 1.29 is 14.7 Å². The van der Waals surface area contributed by atoms with E-state index in [-0.39, 0.29) is 5.92 Å². The van der Waals surface area contributed by atoms with Crippen LogP contribution in [0.25, 0.3) is 0 Å². The van der Waals surface area contributed by atoms with Crippen LogP contribution in [-0.2, 0) is 11.2 Å². The van der Waals surface area contributed by atoms with Crippen molar-refractivity contribution in [1.29, 1.82) is 0 Å². The minimum absolute atomic E-state index is 0.213. The average molecular weight is 290 g/mol. The van der Waals surface area contributed by atoms with E-state index in [9.17, 15) is 9.59 Å². The molecule has 0 heterocycles. The molecule has 21 heavy (non-hydrogen) atoms. The summed E-state index contributed by atoms with van der Waals surface area (Å²) in [6.45, 7) is 4.40. The Bertz CT molecular complexity index is 528. The van der Waals surface area contributed by atoms with E-state index >= 15 is 0 Å². The topological polar surface area (TPSA) is 78.4 Å². The first-order valence-corrected chi connectivity index (χ1v) is 7.32. The maximum Gasteiger partial charge on any atom is 0.326 e. The van der Waals surface area contributed by atoms with Gasteiger partial charge in [0.15, 0.2) is 0 Å². The molecule has 1 aliphatic carbocycles. The number of carbonyl (C=O) groups is 2. The summed E-state index contributed by atoms with van der Waals surface area (Å²) < 4.78 is 0. The van der Waals surface area contributed by atoms with Crippen molar-refractivity contribution in [3.8, 4) is 0 Å². The van der Waals surface area contributed by atoms with Gasteiger partial charge in [0, 0.05) is 12.5 Å². The van der Waals surface area contributed by atoms with Gasteiger partial charge in [-0.2, -0.15) is 0 Å². The van der Waals surface area contributed by atoms with Crippen molar-refractivity contribution in [1.82, 2.24) is 10.6 Å². The number of aliphatic carboxylic acids is 1. The SMILES string of the molecule is CC(C)C[C@H](NC(=O)NCC1Cc2ccccc21)C(=O)O. The molecule has 0 saturated heterocycles. The molecule has 2 rings (SSSR count). The molecule has 5 heteroatoms. The number of hydrogen-bond acceptors (Lipinski definition) is 2. The first-order chi connectivity index (χ1) is 9.97. The molecule has 0 fully saturated rings. The van der Waals surface area contributed by atoms with Crippen LogP contribution < -0.4 is 10.6 Å². The first kappa shape index (κ1) is 15.4. The Morgan fingerprint density at radius 3 is 2.67 bits per heavy atom. The maximum atomic E-state index is 11.8. The zero-order valence-electron chi connectivity index (χ0n) is 12.4. The lowest BCUT2D eigenvalue weighted by Gasteiger charge is -2.30. The van der Waals surface area contributed by atoms with E-state index in [2.05, 4.69) is 22.8 Å². The average Bonchev–Trinajstić information content (AvgIpc) is 2.38. The number of amides is 2. The molecule has 0 spiro atoms. The summed E-state index contributed by atoms with van der Waals surface area (Å²) in [7, 11) is 0. The Labute approximate surface area is 124 Å². The van der Waals surface area contributed by atoms with Crippen LogP contribution in [0.5, 0.6) is 0 Å². The van der Waals surface area contributed by atoms with Crippen LogP contribution in [0.1, 0.15) is 37.3 Å². The number of carboxylic acids is 1. The van der Waals surface area contributed by atoms with Gasteiger partial charge in [-0.1, -0.05) is 38.1 Å². The molecule has 5 nitrogen and oxygen atoms in total. The summed E-state index contributed by atoms with van der Waals surface area (Å²) in [6, 6.07) is 6.93. The Kier molecular flexibility index (Phi) is 4.83. The molecule has 0 bridgehead atoms. The zero-order valence-corrected chi connectivity index (χ0v) is 12.4. The Hall–Kier alpha value is -2.04. The predicted octanol–water partition coefficient (Wildman–Crippen LogP) is 2.12. The van der Waals surface area contributed by atoms with Gasteiger partial charge in [-0.15, -0.1) is 0 Å². The van der Waals surface area contributed by atoms with Gasteiger partial charge in [-0.05, 0) is 29.9 Å². The maximum absolute atomic E-state index is 11.8. The predicted molar refractivity (Wildman–Crippen MR) is 80.3 cm³/mol. The lowest BCUT2D eigenvalue weighted by Crippen LogP contribution is -2.48. The third-order valence-electron chi connectivity index (χ3n) is 3.78. The van der Waals surface area contributed by atoms with E-state index in [4.69, 9.17) is 5.11 Å². The van der Waals surface area contributed by atoms with Gasteiger partial charge < -0.3 is 15.7 Å². The molecule has 1 aromatic carbocycles. The van der Waals surface area contributed by atoms with E-state index in [1.54, 1.807) is 0 Å².